The number of carbonyl (C=O) groups is 1. The Morgan fingerprint density at radius 3 is 1.92 bits per heavy atom. The second-order valence-electron chi connectivity index (χ2n) is 8.30. The molecule has 1 amide bonds. The number of allylic oxidation sites excluding steroid dienone is 1. The van der Waals surface area contributed by atoms with E-state index in [1.54, 1.807) is 13.0 Å². The molecule has 4 nitrogen and oxygen atoms in total. The van der Waals surface area contributed by atoms with Gasteiger partial charge in [-0.25, -0.2) is 4.79 Å². The van der Waals surface area contributed by atoms with E-state index in [4.69, 9.17) is 4.74 Å². The number of nitriles is 1. The van der Waals surface area contributed by atoms with Crippen LogP contribution in [0.2, 0.25) is 0 Å². The van der Waals surface area contributed by atoms with Crippen molar-refractivity contribution in [2.75, 3.05) is 11.5 Å². The largest absolute Gasteiger partial charge is 0.449 e. The second kappa shape index (κ2) is 10.2. The third kappa shape index (κ3) is 5.74. The molecule has 0 bridgehead atoms. The number of hydrogen-bond donors (Lipinski definition) is 0. The number of carbonyl (C=O) groups excluding carboxylic acids is 1. The van der Waals surface area contributed by atoms with Gasteiger partial charge < -0.3 is 4.74 Å². The molecule has 204 valence electrons. The third-order valence-electron chi connectivity index (χ3n) is 5.86. The minimum Gasteiger partial charge on any atom is -0.449 e. The Morgan fingerprint density at radius 2 is 1.47 bits per heavy atom. The normalized spacial score (nSPS) is 16.8. The van der Waals surface area contributed by atoms with Crippen molar-refractivity contribution in [3.8, 4) is 6.07 Å². The fourth-order valence-corrected chi connectivity index (χ4v) is 4.15. The van der Waals surface area contributed by atoms with Gasteiger partial charge in [0.15, 0.2) is 0 Å². The molecule has 0 aromatic heterocycles. The van der Waals surface area contributed by atoms with E-state index in [9.17, 15) is 49.6 Å². The molecule has 0 spiro atoms. The Morgan fingerprint density at radius 1 is 0.921 bits per heavy atom. The molecule has 0 unspecified atom stereocenters. The summed E-state index contributed by atoms with van der Waals surface area (Å²) in [6, 6.07) is 3.55. The van der Waals surface area contributed by atoms with E-state index in [0.717, 1.165) is 11.0 Å². The van der Waals surface area contributed by atoms with Crippen LogP contribution in [0.15, 0.2) is 42.5 Å². The molecule has 0 N–H and O–H groups in total. The lowest BCUT2D eigenvalue weighted by molar-refractivity contribution is -0.143. The van der Waals surface area contributed by atoms with Crippen LogP contribution >= 0.6 is 0 Å². The van der Waals surface area contributed by atoms with Gasteiger partial charge in [0.05, 0.1) is 47.0 Å². The van der Waals surface area contributed by atoms with Gasteiger partial charge in [-0.05, 0) is 60.9 Å². The van der Waals surface area contributed by atoms with Crippen molar-refractivity contribution in [3.05, 3.63) is 70.3 Å². The first-order valence-electron chi connectivity index (χ1n) is 11.1. The molecule has 0 aliphatic carbocycles. The van der Waals surface area contributed by atoms with Crippen molar-refractivity contribution in [2.24, 2.45) is 0 Å². The number of nitrogens with zero attached hydrogens (tertiary/aromatic N) is 2. The minimum atomic E-state index is -5.20. The maximum absolute atomic E-state index is 13.5. The van der Waals surface area contributed by atoms with Gasteiger partial charge in [-0.1, -0.05) is 13.0 Å². The van der Waals surface area contributed by atoms with E-state index >= 15 is 0 Å². The van der Waals surface area contributed by atoms with Crippen molar-refractivity contribution in [3.63, 3.8) is 0 Å². The molecule has 3 rings (SSSR count). The van der Waals surface area contributed by atoms with Crippen LogP contribution in [0.3, 0.4) is 0 Å². The summed E-state index contributed by atoms with van der Waals surface area (Å²) in [5.41, 5.74) is -6.03. The van der Waals surface area contributed by atoms with Gasteiger partial charge in [-0.2, -0.15) is 44.8 Å². The zero-order chi connectivity index (χ0) is 28.6. The number of halogens is 9. The summed E-state index contributed by atoms with van der Waals surface area (Å²) in [6.07, 6.45) is -14.9. The van der Waals surface area contributed by atoms with Crippen molar-refractivity contribution in [2.45, 2.75) is 50.8 Å². The van der Waals surface area contributed by atoms with Crippen LogP contribution in [0.4, 0.5) is 50.0 Å². The molecular formula is C25H19F9N2O2. The van der Waals surface area contributed by atoms with Crippen molar-refractivity contribution in [1.29, 1.82) is 5.26 Å². The van der Waals surface area contributed by atoms with E-state index in [-0.39, 0.29) is 35.9 Å². The van der Waals surface area contributed by atoms with E-state index in [2.05, 4.69) is 0 Å². The summed E-state index contributed by atoms with van der Waals surface area (Å²) in [5.74, 6) is -1.83. The summed E-state index contributed by atoms with van der Waals surface area (Å²) >= 11 is 0. The molecule has 2 atom stereocenters. The maximum Gasteiger partial charge on any atom is 0.416 e. The molecule has 13 heteroatoms. The summed E-state index contributed by atoms with van der Waals surface area (Å²) in [6.45, 7) is 3.01. The molecule has 1 heterocycles. The molecule has 2 aromatic rings. The molecule has 1 aliphatic heterocycles. The van der Waals surface area contributed by atoms with Crippen LogP contribution in [-0.2, 0) is 23.3 Å². The number of alkyl halides is 9. The Kier molecular flexibility index (Phi) is 7.77. The first-order chi connectivity index (χ1) is 17.5. The molecule has 0 saturated heterocycles. The fourth-order valence-electron chi connectivity index (χ4n) is 4.15. The van der Waals surface area contributed by atoms with Crippen LogP contribution < -0.4 is 4.90 Å². The van der Waals surface area contributed by atoms with Crippen LogP contribution in [0.25, 0.3) is 5.57 Å². The van der Waals surface area contributed by atoms with Crippen molar-refractivity contribution >= 4 is 17.4 Å². The second-order valence-corrected chi connectivity index (χ2v) is 8.30. The van der Waals surface area contributed by atoms with Crippen LogP contribution in [-0.4, -0.2) is 18.7 Å². The predicted octanol–water partition coefficient (Wildman–Crippen LogP) is 8.19. The molecule has 38 heavy (non-hydrogen) atoms. The van der Waals surface area contributed by atoms with E-state index in [1.807, 2.05) is 0 Å². The van der Waals surface area contributed by atoms with E-state index in [0.29, 0.717) is 24.3 Å². The number of amides is 1. The topological polar surface area (TPSA) is 53.3 Å². The maximum atomic E-state index is 13.5. The number of hydrogen-bond acceptors (Lipinski definition) is 3. The van der Waals surface area contributed by atoms with Crippen molar-refractivity contribution < 1.29 is 49.0 Å². The zero-order valence-electron chi connectivity index (χ0n) is 19.7. The Labute approximate surface area is 210 Å². The predicted molar refractivity (Wildman–Crippen MR) is 118 cm³/mol. The number of rotatable bonds is 4. The SMILES string of the molecule is CCOC(=O)N1c2ccc(C(F)(F)F)cc2C([C@@H](C#N)c2cc(C(F)(F)F)cc(C(F)(F)F)c2)=C[C@H]1CC. The van der Waals surface area contributed by atoms with E-state index in [1.165, 1.54) is 13.0 Å². The van der Waals surface area contributed by atoms with Gasteiger partial charge in [0.2, 0.25) is 0 Å². The van der Waals surface area contributed by atoms with Gasteiger partial charge >= 0.3 is 24.6 Å². The quantitative estimate of drug-likeness (QED) is 0.361. The smallest absolute Gasteiger partial charge is 0.416 e. The van der Waals surface area contributed by atoms with Crippen LogP contribution in [0.5, 0.6) is 0 Å². The van der Waals surface area contributed by atoms with E-state index < -0.39 is 58.8 Å². The minimum absolute atomic E-state index is 0.0798. The lowest BCUT2D eigenvalue weighted by Crippen LogP contribution is -2.42. The Balaban J connectivity index is 2.32. The molecule has 1 aliphatic rings. The zero-order valence-corrected chi connectivity index (χ0v) is 19.7. The average molecular weight is 550 g/mol. The van der Waals surface area contributed by atoms with Gasteiger partial charge in [-0.3, -0.25) is 4.90 Å². The summed E-state index contributed by atoms with van der Waals surface area (Å²) < 4.78 is 126. The van der Waals surface area contributed by atoms with Crippen LogP contribution in [0.1, 0.15) is 54.0 Å². The van der Waals surface area contributed by atoms with Crippen LogP contribution in [0, 0.1) is 11.3 Å². The summed E-state index contributed by atoms with van der Waals surface area (Å²) in [5, 5.41) is 9.91. The molecule has 0 fully saturated rings. The standard InChI is InChI=1S/C25H19F9N2O2/c1-3-17-11-18(19-10-14(23(26,27)28)5-6-21(19)36(17)22(37)38-4-2)20(12-35)13-7-15(24(29,30)31)9-16(8-13)25(32,33)34/h5-11,17,20H,3-4H2,1-2H3/t17-,20+/m1/s1. The highest BCUT2D eigenvalue weighted by molar-refractivity contribution is 5.97. The number of anilines is 1. The molecule has 2 aromatic carbocycles. The molecular weight excluding hydrogens is 531 g/mol. The third-order valence-corrected chi connectivity index (χ3v) is 5.86. The first kappa shape index (κ1) is 28.9. The number of fused-ring (bicyclic) bond motifs is 1. The Bertz CT molecular complexity index is 1260. The molecule has 0 saturated carbocycles. The highest BCUT2D eigenvalue weighted by Crippen LogP contribution is 2.46. The van der Waals surface area contributed by atoms with Gasteiger partial charge in [-0.15, -0.1) is 0 Å². The molecule has 0 radical (unpaired) electrons. The van der Waals surface area contributed by atoms with Gasteiger partial charge in [0.25, 0.3) is 0 Å². The monoisotopic (exact) mass is 550 g/mol. The van der Waals surface area contributed by atoms with Gasteiger partial charge in [0, 0.05) is 5.56 Å². The lowest BCUT2D eigenvalue weighted by Gasteiger charge is -2.36. The lowest BCUT2D eigenvalue weighted by atomic mass is 9.81. The highest BCUT2D eigenvalue weighted by atomic mass is 19.4. The fraction of sp³-hybridized carbons (Fsp3) is 0.360. The Hall–Kier alpha value is -3.69. The average Bonchev–Trinajstić information content (AvgIpc) is 2.82. The van der Waals surface area contributed by atoms with Gasteiger partial charge in [0.1, 0.15) is 0 Å². The highest BCUT2D eigenvalue weighted by Gasteiger charge is 2.40. The van der Waals surface area contributed by atoms with Crippen molar-refractivity contribution in [1.82, 2.24) is 0 Å². The number of benzene rings is 2. The summed E-state index contributed by atoms with van der Waals surface area (Å²) in [7, 11) is 0. The number of ether oxygens (including phenoxy) is 1. The first-order valence-corrected chi connectivity index (χ1v) is 11.1. The summed E-state index contributed by atoms with van der Waals surface area (Å²) in [4.78, 5) is 13.7.